The van der Waals surface area contributed by atoms with Gasteiger partial charge in [0, 0.05) is 19.0 Å². The number of ketones is 1. The van der Waals surface area contributed by atoms with Crippen LogP contribution in [0.2, 0.25) is 0 Å². The number of rotatable bonds is 3. The van der Waals surface area contributed by atoms with Crippen molar-refractivity contribution in [3.8, 4) is 0 Å². The molecule has 1 aliphatic carbocycles. The molecule has 0 radical (unpaired) electrons. The molecule has 0 bridgehead atoms. The fourth-order valence-electron chi connectivity index (χ4n) is 2.20. The minimum atomic E-state index is -0.233. The second-order valence-corrected chi connectivity index (χ2v) is 4.02. The highest BCUT2D eigenvalue weighted by Gasteiger charge is 2.46. The first-order chi connectivity index (χ1) is 6.24. The van der Waals surface area contributed by atoms with Gasteiger partial charge in [0.15, 0.2) is 0 Å². The van der Waals surface area contributed by atoms with Crippen molar-refractivity contribution in [2.75, 3.05) is 6.54 Å². The van der Waals surface area contributed by atoms with Crippen molar-refractivity contribution in [1.82, 2.24) is 4.90 Å². The molecule has 2 rings (SSSR count). The molecule has 1 heterocycles. The molecule has 1 aliphatic heterocycles. The summed E-state index contributed by atoms with van der Waals surface area (Å²) in [6, 6.07) is 0.402. The average molecular weight is 181 g/mol. The molecule has 3 heteroatoms. The first-order valence-electron chi connectivity index (χ1n) is 5.08. The van der Waals surface area contributed by atoms with E-state index in [4.69, 9.17) is 0 Å². The van der Waals surface area contributed by atoms with E-state index in [9.17, 15) is 9.59 Å². The lowest BCUT2D eigenvalue weighted by Crippen LogP contribution is -2.30. The van der Waals surface area contributed by atoms with Crippen LogP contribution in [0.1, 0.15) is 32.6 Å². The number of amides is 1. The highest BCUT2D eigenvalue weighted by molar-refractivity contribution is 6.38. The molecule has 0 aromatic carbocycles. The molecule has 2 unspecified atom stereocenters. The Kier molecular flexibility index (Phi) is 2.10. The summed E-state index contributed by atoms with van der Waals surface area (Å²) in [4.78, 5) is 24.1. The maximum atomic E-state index is 11.3. The number of Topliss-reactive ketones (excluding diaryl/α,β-unsaturated/α-hetero) is 1. The quantitative estimate of drug-likeness (QED) is 0.608. The Morgan fingerprint density at radius 1 is 1.46 bits per heavy atom. The largest absolute Gasteiger partial charge is 0.332 e. The predicted octanol–water partition coefficient (Wildman–Crippen LogP) is 0.976. The van der Waals surface area contributed by atoms with Crippen LogP contribution in [0.25, 0.3) is 0 Å². The lowest BCUT2D eigenvalue weighted by molar-refractivity contribution is -0.140. The first-order valence-corrected chi connectivity index (χ1v) is 5.08. The summed E-state index contributed by atoms with van der Waals surface area (Å²) in [6.45, 7) is 2.83. The SMILES string of the molecule is CCCC1CC1N1CCC(=O)C1=O. The highest BCUT2D eigenvalue weighted by atomic mass is 16.2. The summed E-state index contributed by atoms with van der Waals surface area (Å²) in [5, 5.41) is 0. The number of hydrogen-bond donors (Lipinski definition) is 0. The first kappa shape index (κ1) is 8.73. The summed E-state index contributed by atoms with van der Waals surface area (Å²) in [6.07, 6.45) is 3.93. The highest BCUT2D eigenvalue weighted by Crippen LogP contribution is 2.40. The van der Waals surface area contributed by atoms with E-state index in [-0.39, 0.29) is 11.7 Å². The number of carbonyl (C=O) groups excluding carboxylic acids is 2. The molecule has 1 amide bonds. The molecular formula is C10H15NO2. The summed E-state index contributed by atoms with van der Waals surface area (Å²) in [5.41, 5.74) is 0. The van der Waals surface area contributed by atoms with Crippen LogP contribution in [0.5, 0.6) is 0 Å². The molecule has 1 saturated heterocycles. The Hall–Kier alpha value is -0.860. The molecule has 3 nitrogen and oxygen atoms in total. The van der Waals surface area contributed by atoms with Gasteiger partial charge in [-0.2, -0.15) is 0 Å². The molecule has 2 atom stereocenters. The maximum absolute atomic E-state index is 11.3. The third-order valence-electron chi connectivity index (χ3n) is 3.02. The van der Waals surface area contributed by atoms with Crippen LogP contribution >= 0.6 is 0 Å². The van der Waals surface area contributed by atoms with Crippen LogP contribution in [0.4, 0.5) is 0 Å². The second-order valence-electron chi connectivity index (χ2n) is 4.02. The number of hydrogen-bond acceptors (Lipinski definition) is 2. The minimum absolute atomic E-state index is 0.192. The third kappa shape index (κ3) is 1.47. The normalized spacial score (nSPS) is 32.8. The van der Waals surface area contributed by atoms with E-state index in [0.29, 0.717) is 24.9 Å². The van der Waals surface area contributed by atoms with E-state index < -0.39 is 0 Å². The molecule has 0 N–H and O–H groups in total. The summed E-state index contributed by atoms with van der Waals surface area (Å²) in [5.74, 6) is 0.255. The molecule has 0 spiro atoms. The smallest absolute Gasteiger partial charge is 0.290 e. The maximum Gasteiger partial charge on any atom is 0.290 e. The molecule has 72 valence electrons. The minimum Gasteiger partial charge on any atom is -0.332 e. The van der Waals surface area contributed by atoms with E-state index in [2.05, 4.69) is 6.92 Å². The van der Waals surface area contributed by atoms with E-state index in [1.165, 1.54) is 12.8 Å². The van der Waals surface area contributed by atoms with E-state index >= 15 is 0 Å². The van der Waals surface area contributed by atoms with Gasteiger partial charge >= 0.3 is 0 Å². The van der Waals surface area contributed by atoms with Gasteiger partial charge < -0.3 is 4.90 Å². The Balaban J connectivity index is 1.90. The lowest BCUT2D eigenvalue weighted by Gasteiger charge is -2.13. The molecule has 2 fully saturated rings. The molecule has 0 aromatic heterocycles. The van der Waals surface area contributed by atoms with Crippen LogP contribution in [0.3, 0.4) is 0 Å². The Morgan fingerprint density at radius 2 is 2.23 bits per heavy atom. The van der Waals surface area contributed by atoms with Crippen molar-refractivity contribution in [2.45, 2.75) is 38.6 Å². The molecule has 13 heavy (non-hydrogen) atoms. The van der Waals surface area contributed by atoms with Gasteiger partial charge in [-0.25, -0.2) is 0 Å². The van der Waals surface area contributed by atoms with Crippen molar-refractivity contribution in [3.63, 3.8) is 0 Å². The van der Waals surface area contributed by atoms with Crippen LogP contribution in [-0.4, -0.2) is 29.2 Å². The van der Waals surface area contributed by atoms with Gasteiger partial charge in [-0.15, -0.1) is 0 Å². The van der Waals surface area contributed by atoms with Crippen molar-refractivity contribution in [3.05, 3.63) is 0 Å². The van der Waals surface area contributed by atoms with Crippen LogP contribution in [0, 0.1) is 5.92 Å². The fourth-order valence-corrected chi connectivity index (χ4v) is 2.20. The predicted molar refractivity (Wildman–Crippen MR) is 48.1 cm³/mol. The van der Waals surface area contributed by atoms with Gasteiger partial charge in [0.05, 0.1) is 0 Å². The van der Waals surface area contributed by atoms with Gasteiger partial charge in [-0.1, -0.05) is 13.3 Å². The topological polar surface area (TPSA) is 37.4 Å². The Bertz CT molecular complexity index is 249. The molecular weight excluding hydrogens is 166 g/mol. The molecule has 2 aliphatic rings. The van der Waals surface area contributed by atoms with Crippen molar-refractivity contribution in [2.24, 2.45) is 5.92 Å². The van der Waals surface area contributed by atoms with Gasteiger partial charge in [-0.3, -0.25) is 9.59 Å². The zero-order chi connectivity index (χ0) is 9.42. The van der Waals surface area contributed by atoms with Gasteiger partial charge in [0.25, 0.3) is 5.91 Å². The molecule has 0 aromatic rings. The zero-order valence-corrected chi connectivity index (χ0v) is 7.95. The van der Waals surface area contributed by atoms with Gasteiger partial charge in [0.1, 0.15) is 0 Å². The lowest BCUT2D eigenvalue weighted by atomic mass is 10.2. The van der Waals surface area contributed by atoms with Crippen LogP contribution < -0.4 is 0 Å². The summed E-state index contributed by atoms with van der Waals surface area (Å²) >= 11 is 0. The monoisotopic (exact) mass is 181 g/mol. The van der Waals surface area contributed by atoms with E-state index in [1.807, 2.05) is 0 Å². The zero-order valence-electron chi connectivity index (χ0n) is 7.95. The summed E-state index contributed by atoms with van der Waals surface area (Å²) in [7, 11) is 0. The number of nitrogens with zero attached hydrogens (tertiary/aromatic N) is 1. The standard InChI is InChI=1S/C10H15NO2/c1-2-3-7-6-8(7)11-5-4-9(12)10(11)13/h7-8H,2-6H2,1H3. The molecule has 1 saturated carbocycles. The number of carbonyl (C=O) groups is 2. The van der Waals surface area contributed by atoms with Gasteiger partial charge in [-0.05, 0) is 18.8 Å². The second kappa shape index (κ2) is 3.13. The van der Waals surface area contributed by atoms with Crippen LogP contribution in [0.15, 0.2) is 0 Å². The van der Waals surface area contributed by atoms with Gasteiger partial charge in [0.2, 0.25) is 5.78 Å². The Labute approximate surface area is 78.1 Å². The van der Waals surface area contributed by atoms with E-state index in [0.717, 1.165) is 6.42 Å². The fraction of sp³-hybridized carbons (Fsp3) is 0.800. The van der Waals surface area contributed by atoms with Crippen LogP contribution in [-0.2, 0) is 9.59 Å². The third-order valence-corrected chi connectivity index (χ3v) is 3.02. The van der Waals surface area contributed by atoms with Crippen molar-refractivity contribution in [1.29, 1.82) is 0 Å². The average Bonchev–Trinajstić information content (AvgIpc) is 2.77. The number of likely N-dealkylation sites (tertiary alicyclic amines) is 1. The summed E-state index contributed by atoms with van der Waals surface area (Å²) < 4.78 is 0. The van der Waals surface area contributed by atoms with Crippen molar-refractivity contribution < 1.29 is 9.59 Å². The van der Waals surface area contributed by atoms with E-state index in [1.54, 1.807) is 4.90 Å². The Morgan fingerprint density at radius 3 is 2.77 bits per heavy atom. The van der Waals surface area contributed by atoms with Crippen molar-refractivity contribution >= 4 is 11.7 Å².